The van der Waals surface area contributed by atoms with Crippen molar-refractivity contribution >= 4 is 29.3 Å². The predicted molar refractivity (Wildman–Crippen MR) is 109 cm³/mol. The first kappa shape index (κ1) is 20.0. The van der Waals surface area contributed by atoms with E-state index in [1.165, 1.54) is 20.9 Å². The molecule has 0 aliphatic heterocycles. The minimum atomic E-state index is -0.188. The molecule has 5 heteroatoms. The Bertz CT molecular complexity index is 772. The molecule has 0 fully saturated rings. The van der Waals surface area contributed by atoms with Crippen LogP contribution in [0.15, 0.2) is 47.4 Å². The van der Waals surface area contributed by atoms with Gasteiger partial charge in [-0.2, -0.15) is 0 Å². The van der Waals surface area contributed by atoms with Crippen molar-refractivity contribution < 1.29 is 9.59 Å². The van der Waals surface area contributed by atoms with Gasteiger partial charge in [0.05, 0.1) is 6.54 Å². The largest absolute Gasteiger partial charge is 0.336 e. The molecule has 0 bridgehead atoms. The molecule has 0 saturated heterocycles. The number of hydrogen-bond acceptors (Lipinski definition) is 3. The van der Waals surface area contributed by atoms with Crippen LogP contribution in [0, 0.1) is 20.8 Å². The Morgan fingerprint density at radius 3 is 2.35 bits per heavy atom. The molecule has 0 heterocycles. The van der Waals surface area contributed by atoms with Crippen molar-refractivity contribution in [2.24, 2.45) is 0 Å². The van der Waals surface area contributed by atoms with Crippen molar-refractivity contribution in [3.8, 4) is 0 Å². The summed E-state index contributed by atoms with van der Waals surface area (Å²) in [5, 5.41) is 2.81. The molecular formula is C21H26N2O2S. The van der Waals surface area contributed by atoms with E-state index in [0.717, 1.165) is 11.3 Å². The average molecular weight is 371 g/mol. The number of amides is 2. The third-order valence-corrected chi connectivity index (χ3v) is 5.20. The second kappa shape index (κ2) is 9.43. The molecule has 2 aromatic rings. The zero-order valence-corrected chi connectivity index (χ0v) is 16.7. The fourth-order valence-corrected chi connectivity index (χ4v) is 3.33. The van der Waals surface area contributed by atoms with Gasteiger partial charge in [0.15, 0.2) is 0 Å². The van der Waals surface area contributed by atoms with Crippen LogP contribution in [0.1, 0.15) is 23.1 Å². The number of likely N-dealkylation sites (N-methyl/N-ethyl adjacent to an activating group) is 1. The molecular weight excluding hydrogens is 344 g/mol. The third-order valence-electron chi connectivity index (χ3n) is 4.20. The summed E-state index contributed by atoms with van der Waals surface area (Å²) >= 11 is 1.66. The second-order valence-corrected chi connectivity index (χ2v) is 7.68. The van der Waals surface area contributed by atoms with E-state index in [1.54, 1.807) is 18.8 Å². The molecule has 0 radical (unpaired) electrons. The maximum atomic E-state index is 12.2. The number of aryl methyl sites for hydroxylation is 3. The van der Waals surface area contributed by atoms with E-state index in [4.69, 9.17) is 0 Å². The number of carbonyl (C=O) groups excluding carboxylic acids is 2. The van der Waals surface area contributed by atoms with E-state index in [-0.39, 0.29) is 18.4 Å². The minimum absolute atomic E-state index is 0.0274. The van der Waals surface area contributed by atoms with Crippen molar-refractivity contribution in [1.82, 2.24) is 4.90 Å². The average Bonchev–Trinajstić information content (AvgIpc) is 2.60. The Morgan fingerprint density at radius 2 is 1.69 bits per heavy atom. The lowest BCUT2D eigenvalue weighted by molar-refractivity contribution is -0.132. The lowest BCUT2D eigenvalue weighted by Crippen LogP contribution is -2.35. The summed E-state index contributed by atoms with van der Waals surface area (Å²) in [7, 11) is 1.66. The zero-order valence-electron chi connectivity index (χ0n) is 15.8. The maximum Gasteiger partial charge on any atom is 0.243 e. The first-order valence-electron chi connectivity index (χ1n) is 8.65. The summed E-state index contributed by atoms with van der Waals surface area (Å²) in [4.78, 5) is 26.9. The molecule has 0 unspecified atom stereocenters. The van der Waals surface area contributed by atoms with Gasteiger partial charge in [0, 0.05) is 29.8 Å². The van der Waals surface area contributed by atoms with Crippen molar-refractivity contribution in [3.05, 3.63) is 59.2 Å². The normalized spacial score (nSPS) is 10.5. The monoisotopic (exact) mass is 370 g/mol. The van der Waals surface area contributed by atoms with Crippen LogP contribution >= 0.6 is 11.8 Å². The van der Waals surface area contributed by atoms with Crippen molar-refractivity contribution in [1.29, 1.82) is 0 Å². The molecule has 0 aromatic heterocycles. The standard InChI is InChI=1S/C21H26N2O2S/c1-15-5-8-18(9-6-15)22-20(24)14-23(4)21(25)11-12-26-19-10-7-16(2)17(3)13-19/h5-10,13H,11-12,14H2,1-4H3,(H,22,24). The lowest BCUT2D eigenvalue weighted by atomic mass is 10.1. The van der Waals surface area contributed by atoms with Crippen LogP contribution in [0.5, 0.6) is 0 Å². The van der Waals surface area contributed by atoms with Gasteiger partial charge < -0.3 is 10.2 Å². The molecule has 2 amide bonds. The Labute approximate surface area is 160 Å². The van der Waals surface area contributed by atoms with Crippen LogP contribution in [-0.2, 0) is 9.59 Å². The Kier molecular flexibility index (Phi) is 7.27. The number of benzene rings is 2. The van der Waals surface area contributed by atoms with Crippen LogP contribution in [-0.4, -0.2) is 36.1 Å². The molecule has 0 spiro atoms. The number of nitrogens with one attached hydrogen (secondary N) is 1. The first-order chi connectivity index (χ1) is 12.3. The highest BCUT2D eigenvalue weighted by molar-refractivity contribution is 7.99. The molecule has 138 valence electrons. The number of thioether (sulfide) groups is 1. The summed E-state index contributed by atoms with van der Waals surface area (Å²) in [6.45, 7) is 6.23. The molecule has 4 nitrogen and oxygen atoms in total. The van der Waals surface area contributed by atoms with Gasteiger partial charge in [-0.25, -0.2) is 0 Å². The molecule has 26 heavy (non-hydrogen) atoms. The minimum Gasteiger partial charge on any atom is -0.336 e. The lowest BCUT2D eigenvalue weighted by Gasteiger charge is -2.17. The SMILES string of the molecule is Cc1ccc(NC(=O)CN(C)C(=O)CCSc2ccc(C)c(C)c2)cc1. The predicted octanol–water partition coefficient (Wildman–Crippen LogP) is 4.19. The molecule has 0 atom stereocenters. The van der Waals surface area contributed by atoms with Gasteiger partial charge in [0.1, 0.15) is 0 Å². The molecule has 1 N–H and O–H groups in total. The summed E-state index contributed by atoms with van der Waals surface area (Å²) in [5.41, 5.74) is 4.40. The molecule has 0 aliphatic carbocycles. The topological polar surface area (TPSA) is 49.4 Å². The quantitative estimate of drug-likeness (QED) is 0.744. The van der Waals surface area contributed by atoms with Gasteiger partial charge >= 0.3 is 0 Å². The van der Waals surface area contributed by atoms with E-state index in [0.29, 0.717) is 12.2 Å². The summed E-state index contributed by atoms with van der Waals surface area (Å²) in [5.74, 6) is 0.484. The van der Waals surface area contributed by atoms with Crippen LogP contribution in [0.4, 0.5) is 5.69 Å². The highest BCUT2D eigenvalue weighted by Crippen LogP contribution is 2.21. The highest BCUT2D eigenvalue weighted by atomic mass is 32.2. The Hall–Kier alpha value is -2.27. The third kappa shape index (κ3) is 6.23. The Morgan fingerprint density at radius 1 is 1.00 bits per heavy atom. The number of carbonyl (C=O) groups is 2. The zero-order chi connectivity index (χ0) is 19.1. The maximum absolute atomic E-state index is 12.2. The van der Waals surface area contributed by atoms with Crippen LogP contribution < -0.4 is 5.32 Å². The van der Waals surface area contributed by atoms with Crippen molar-refractivity contribution in [2.75, 3.05) is 24.7 Å². The summed E-state index contributed by atoms with van der Waals surface area (Å²) < 4.78 is 0. The van der Waals surface area contributed by atoms with Gasteiger partial charge in [0.2, 0.25) is 11.8 Å². The fourth-order valence-electron chi connectivity index (χ4n) is 2.39. The van der Waals surface area contributed by atoms with E-state index in [9.17, 15) is 9.59 Å². The Balaban J connectivity index is 1.75. The van der Waals surface area contributed by atoms with Gasteiger partial charge in [0.25, 0.3) is 0 Å². The summed E-state index contributed by atoms with van der Waals surface area (Å²) in [6.07, 6.45) is 0.409. The van der Waals surface area contributed by atoms with Crippen molar-refractivity contribution in [3.63, 3.8) is 0 Å². The van der Waals surface area contributed by atoms with Gasteiger partial charge in [-0.05, 0) is 56.2 Å². The molecule has 0 saturated carbocycles. The van der Waals surface area contributed by atoms with E-state index in [1.807, 2.05) is 31.2 Å². The fraction of sp³-hybridized carbons (Fsp3) is 0.333. The number of anilines is 1. The van der Waals surface area contributed by atoms with Crippen LogP contribution in [0.25, 0.3) is 0 Å². The first-order valence-corrected chi connectivity index (χ1v) is 9.64. The second-order valence-electron chi connectivity index (χ2n) is 6.51. The molecule has 2 rings (SSSR count). The van der Waals surface area contributed by atoms with Gasteiger partial charge in [-0.3, -0.25) is 9.59 Å². The number of nitrogens with zero attached hydrogens (tertiary/aromatic N) is 1. The van der Waals surface area contributed by atoms with Crippen LogP contribution in [0.2, 0.25) is 0 Å². The molecule has 2 aromatic carbocycles. The van der Waals surface area contributed by atoms with Gasteiger partial charge in [-0.1, -0.05) is 23.8 Å². The number of hydrogen-bond donors (Lipinski definition) is 1. The van der Waals surface area contributed by atoms with Gasteiger partial charge in [-0.15, -0.1) is 11.8 Å². The van der Waals surface area contributed by atoms with E-state index >= 15 is 0 Å². The smallest absolute Gasteiger partial charge is 0.243 e. The highest BCUT2D eigenvalue weighted by Gasteiger charge is 2.13. The van der Waals surface area contributed by atoms with E-state index in [2.05, 4.69) is 37.4 Å². The van der Waals surface area contributed by atoms with Crippen molar-refractivity contribution in [2.45, 2.75) is 32.1 Å². The number of rotatable bonds is 7. The van der Waals surface area contributed by atoms with E-state index < -0.39 is 0 Å². The van der Waals surface area contributed by atoms with Crippen LogP contribution in [0.3, 0.4) is 0 Å². The molecule has 0 aliphatic rings. The summed E-state index contributed by atoms with van der Waals surface area (Å²) in [6, 6.07) is 13.9.